The summed E-state index contributed by atoms with van der Waals surface area (Å²) < 4.78 is 0. The molecule has 1 aliphatic heterocycles. The van der Waals surface area contributed by atoms with Gasteiger partial charge in [-0.1, -0.05) is 18.2 Å². The summed E-state index contributed by atoms with van der Waals surface area (Å²) in [7, 11) is 0. The van der Waals surface area contributed by atoms with E-state index in [0.717, 1.165) is 25.7 Å². The molecular weight excluding hydrogens is 268 g/mol. The summed E-state index contributed by atoms with van der Waals surface area (Å²) in [4.78, 5) is 26.3. The van der Waals surface area contributed by atoms with Crippen molar-refractivity contribution in [2.45, 2.75) is 44.2 Å². The molecule has 2 N–H and O–H groups in total. The number of carbonyl (C=O) groups excluding carboxylic acids is 2. The normalized spacial score (nSPS) is 21.3. The second kappa shape index (κ2) is 5.76. The Bertz CT molecular complexity index is 554. The summed E-state index contributed by atoms with van der Waals surface area (Å²) >= 11 is 0. The third-order valence-corrected chi connectivity index (χ3v) is 4.13. The van der Waals surface area contributed by atoms with Gasteiger partial charge >= 0.3 is 0 Å². The maximum Gasteiger partial charge on any atom is 0.243 e. The maximum absolute atomic E-state index is 12.4. The number of carbonyl (C=O) groups is 2. The predicted molar refractivity (Wildman–Crippen MR) is 77.7 cm³/mol. The van der Waals surface area contributed by atoms with Crippen LogP contribution in [0.1, 0.15) is 31.2 Å². The molecule has 3 rings (SSSR count). The number of rotatable bonds is 4. The van der Waals surface area contributed by atoms with E-state index in [9.17, 15) is 14.7 Å². The lowest BCUT2D eigenvalue weighted by atomic mass is 10.1. The summed E-state index contributed by atoms with van der Waals surface area (Å²) in [5, 5.41) is 12.7. The molecule has 1 saturated heterocycles. The van der Waals surface area contributed by atoms with Crippen molar-refractivity contribution < 1.29 is 14.7 Å². The van der Waals surface area contributed by atoms with Gasteiger partial charge < -0.3 is 15.3 Å². The van der Waals surface area contributed by atoms with E-state index in [-0.39, 0.29) is 30.0 Å². The number of benzene rings is 1. The lowest BCUT2D eigenvalue weighted by Crippen LogP contribution is -2.47. The average molecular weight is 288 g/mol. The summed E-state index contributed by atoms with van der Waals surface area (Å²) in [6.07, 6.45) is 3.81. The Morgan fingerprint density at radius 3 is 2.71 bits per heavy atom. The smallest absolute Gasteiger partial charge is 0.243 e. The van der Waals surface area contributed by atoms with Crippen molar-refractivity contribution in [3.8, 4) is 5.75 Å². The van der Waals surface area contributed by atoms with Gasteiger partial charge in [0.25, 0.3) is 0 Å². The second-order valence-electron chi connectivity index (χ2n) is 5.83. The van der Waals surface area contributed by atoms with Crippen LogP contribution in [-0.4, -0.2) is 40.4 Å². The van der Waals surface area contributed by atoms with E-state index >= 15 is 0 Å². The van der Waals surface area contributed by atoms with E-state index in [1.54, 1.807) is 29.2 Å². The lowest BCUT2D eigenvalue weighted by Gasteiger charge is -2.24. The van der Waals surface area contributed by atoms with Crippen LogP contribution >= 0.6 is 0 Å². The molecule has 0 aromatic heterocycles. The first kappa shape index (κ1) is 13.9. The zero-order chi connectivity index (χ0) is 14.8. The van der Waals surface area contributed by atoms with Gasteiger partial charge in [-0.25, -0.2) is 0 Å². The number of aromatic hydroxyl groups is 1. The lowest BCUT2D eigenvalue weighted by molar-refractivity contribution is -0.138. The highest BCUT2D eigenvalue weighted by Gasteiger charge is 2.36. The molecule has 1 aromatic rings. The van der Waals surface area contributed by atoms with E-state index in [1.807, 2.05) is 0 Å². The minimum absolute atomic E-state index is 0.0272. The molecule has 1 aromatic carbocycles. The molecule has 1 saturated carbocycles. The van der Waals surface area contributed by atoms with Gasteiger partial charge in [-0.3, -0.25) is 9.59 Å². The van der Waals surface area contributed by atoms with Gasteiger partial charge in [0, 0.05) is 18.2 Å². The van der Waals surface area contributed by atoms with Crippen molar-refractivity contribution in [1.82, 2.24) is 10.2 Å². The van der Waals surface area contributed by atoms with E-state index in [2.05, 4.69) is 5.32 Å². The Morgan fingerprint density at radius 2 is 2.00 bits per heavy atom. The highest BCUT2D eigenvalue weighted by molar-refractivity contribution is 5.89. The first-order chi connectivity index (χ1) is 10.1. The van der Waals surface area contributed by atoms with Crippen LogP contribution in [0.15, 0.2) is 24.3 Å². The number of para-hydroxylation sites is 1. The zero-order valence-electron chi connectivity index (χ0n) is 11.9. The highest BCUT2D eigenvalue weighted by Crippen LogP contribution is 2.24. The molecule has 1 heterocycles. The van der Waals surface area contributed by atoms with Crippen LogP contribution in [0.4, 0.5) is 0 Å². The Hall–Kier alpha value is -2.04. The van der Waals surface area contributed by atoms with Gasteiger partial charge in [0.05, 0.1) is 6.42 Å². The number of nitrogens with zero attached hydrogens (tertiary/aromatic N) is 1. The fraction of sp³-hybridized carbons (Fsp3) is 0.500. The van der Waals surface area contributed by atoms with Crippen LogP contribution < -0.4 is 5.32 Å². The van der Waals surface area contributed by atoms with E-state index in [4.69, 9.17) is 0 Å². The van der Waals surface area contributed by atoms with Crippen molar-refractivity contribution in [3.05, 3.63) is 29.8 Å². The minimum atomic E-state index is -0.344. The SMILES string of the molecule is O=C(NC1CC1)C1CCCN1C(=O)Cc1ccccc1O. The van der Waals surface area contributed by atoms with Gasteiger partial charge in [-0.05, 0) is 31.7 Å². The fourth-order valence-corrected chi connectivity index (χ4v) is 2.79. The number of hydrogen-bond acceptors (Lipinski definition) is 3. The molecule has 0 bridgehead atoms. The Kier molecular flexibility index (Phi) is 3.82. The molecule has 0 spiro atoms. The van der Waals surface area contributed by atoms with Gasteiger partial charge in [0.2, 0.25) is 11.8 Å². The van der Waals surface area contributed by atoms with Gasteiger partial charge in [0.15, 0.2) is 0 Å². The van der Waals surface area contributed by atoms with Crippen LogP contribution in [0, 0.1) is 0 Å². The van der Waals surface area contributed by atoms with Crippen LogP contribution in [-0.2, 0) is 16.0 Å². The van der Waals surface area contributed by atoms with Crippen molar-refractivity contribution in [2.24, 2.45) is 0 Å². The molecule has 2 amide bonds. The Labute approximate surface area is 123 Å². The molecule has 5 nitrogen and oxygen atoms in total. The van der Waals surface area contributed by atoms with Crippen molar-refractivity contribution in [1.29, 1.82) is 0 Å². The zero-order valence-corrected chi connectivity index (χ0v) is 11.9. The standard InChI is InChI=1S/C16H20N2O3/c19-14-6-2-1-4-11(14)10-15(20)18-9-3-5-13(18)16(21)17-12-7-8-12/h1-2,4,6,12-13,19H,3,5,7-10H2,(H,17,21). The number of nitrogens with one attached hydrogen (secondary N) is 1. The average Bonchev–Trinajstić information content (AvgIpc) is 3.14. The molecule has 2 aliphatic rings. The van der Waals surface area contributed by atoms with Crippen LogP contribution in [0.2, 0.25) is 0 Å². The Balaban J connectivity index is 1.65. The van der Waals surface area contributed by atoms with Gasteiger partial charge in [0.1, 0.15) is 11.8 Å². The summed E-state index contributed by atoms with van der Waals surface area (Å²) in [5.74, 6) is 0.00890. The molecule has 112 valence electrons. The largest absolute Gasteiger partial charge is 0.508 e. The number of amides is 2. The van der Waals surface area contributed by atoms with Gasteiger partial charge in [-0.2, -0.15) is 0 Å². The molecule has 5 heteroatoms. The minimum Gasteiger partial charge on any atom is -0.508 e. The summed E-state index contributed by atoms with van der Waals surface area (Å²) in [6.45, 7) is 0.620. The van der Waals surface area contributed by atoms with Crippen LogP contribution in [0.3, 0.4) is 0 Å². The molecule has 1 unspecified atom stereocenters. The second-order valence-corrected chi connectivity index (χ2v) is 5.83. The molecular formula is C16H20N2O3. The van der Waals surface area contributed by atoms with E-state index in [1.165, 1.54) is 0 Å². The molecule has 0 radical (unpaired) electrons. The summed E-state index contributed by atoms with van der Waals surface area (Å²) in [5.41, 5.74) is 0.607. The van der Waals surface area contributed by atoms with Crippen LogP contribution in [0.5, 0.6) is 5.75 Å². The van der Waals surface area contributed by atoms with E-state index < -0.39 is 0 Å². The predicted octanol–water partition coefficient (Wildman–Crippen LogP) is 1.20. The third kappa shape index (κ3) is 3.17. The maximum atomic E-state index is 12.4. The number of phenolic OH excluding ortho intramolecular Hbond substituents is 1. The monoisotopic (exact) mass is 288 g/mol. The number of hydrogen-bond donors (Lipinski definition) is 2. The van der Waals surface area contributed by atoms with Crippen molar-refractivity contribution >= 4 is 11.8 Å². The van der Waals surface area contributed by atoms with Crippen molar-refractivity contribution in [2.75, 3.05) is 6.54 Å². The molecule has 2 fully saturated rings. The molecule has 1 aliphatic carbocycles. The van der Waals surface area contributed by atoms with Crippen LogP contribution in [0.25, 0.3) is 0 Å². The quantitative estimate of drug-likeness (QED) is 0.875. The number of likely N-dealkylation sites (tertiary alicyclic amines) is 1. The Morgan fingerprint density at radius 1 is 1.24 bits per heavy atom. The first-order valence-electron chi connectivity index (χ1n) is 7.52. The molecule has 21 heavy (non-hydrogen) atoms. The molecule has 1 atom stereocenters. The number of phenols is 1. The topological polar surface area (TPSA) is 69.6 Å². The highest BCUT2D eigenvalue weighted by atomic mass is 16.3. The van der Waals surface area contributed by atoms with Crippen molar-refractivity contribution in [3.63, 3.8) is 0 Å². The summed E-state index contributed by atoms with van der Waals surface area (Å²) in [6, 6.07) is 6.80. The fourth-order valence-electron chi connectivity index (χ4n) is 2.79. The van der Waals surface area contributed by atoms with Gasteiger partial charge in [-0.15, -0.1) is 0 Å². The third-order valence-electron chi connectivity index (χ3n) is 4.13. The first-order valence-corrected chi connectivity index (χ1v) is 7.52. The van der Waals surface area contributed by atoms with E-state index in [0.29, 0.717) is 18.2 Å².